The third kappa shape index (κ3) is 2.82. The van der Waals surface area contributed by atoms with Gasteiger partial charge in [-0.25, -0.2) is 0 Å². The summed E-state index contributed by atoms with van der Waals surface area (Å²) >= 11 is 0. The first-order chi connectivity index (χ1) is 5.22. The zero-order valence-electron chi connectivity index (χ0n) is 8.14. The summed E-state index contributed by atoms with van der Waals surface area (Å²) in [6.45, 7) is 11.0. The van der Waals surface area contributed by atoms with Gasteiger partial charge in [-0.05, 0) is 18.3 Å². The SMILES string of the molecule is CCCC(C)CN1CC(C)C1. The van der Waals surface area contributed by atoms with Gasteiger partial charge in [0.1, 0.15) is 0 Å². The summed E-state index contributed by atoms with van der Waals surface area (Å²) in [4.78, 5) is 2.57. The fourth-order valence-electron chi connectivity index (χ4n) is 2.00. The summed E-state index contributed by atoms with van der Waals surface area (Å²) in [7, 11) is 0. The molecule has 0 radical (unpaired) electrons. The van der Waals surface area contributed by atoms with Crippen molar-refractivity contribution in [3.63, 3.8) is 0 Å². The lowest BCUT2D eigenvalue weighted by atomic mass is 9.98. The molecule has 0 amide bonds. The molecule has 0 aromatic heterocycles. The predicted octanol–water partition coefficient (Wildman–Crippen LogP) is 2.37. The van der Waals surface area contributed by atoms with Gasteiger partial charge < -0.3 is 4.90 Å². The first-order valence-corrected chi connectivity index (χ1v) is 4.94. The molecule has 1 heteroatoms. The van der Waals surface area contributed by atoms with Crippen LogP contribution in [0.3, 0.4) is 0 Å². The number of hydrogen-bond donors (Lipinski definition) is 0. The second-order valence-corrected chi connectivity index (χ2v) is 4.22. The van der Waals surface area contributed by atoms with Gasteiger partial charge in [0.25, 0.3) is 0 Å². The summed E-state index contributed by atoms with van der Waals surface area (Å²) < 4.78 is 0. The smallest absolute Gasteiger partial charge is 0.00195 e. The zero-order valence-corrected chi connectivity index (χ0v) is 8.14. The Morgan fingerprint density at radius 3 is 2.55 bits per heavy atom. The molecule has 1 fully saturated rings. The van der Waals surface area contributed by atoms with Crippen LogP contribution in [-0.4, -0.2) is 24.5 Å². The monoisotopic (exact) mass is 155 g/mol. The fourth-order valence-corrected chi connectivity index (χ4v) is 2.00. The molecular weight excluding hydrogens is 134 g/mol. The van der Waals surface area contributed by atoms with Crippen LogP contribution in [0.15, 0.2) is 0 Å². The molecule has 1 aliphatic rings. The second kappa shape index (κ2) is 4.10. The fraction of sp³-hybridized carbons (Fsp3) is 1.00. The Balaban J connectivity index is 2.02. The van der Waals surface area contributed by atoms with Gasteiger partial charge in [-0.3, -0.25) is 0 Å². The number of hydrogen-bond acceptors (Lipinski definition) is 1. The Morgan fingerprint density at radius 1 is 1.45 bits per heavy atom. The maximum Gasteiger partial charge on any atom is 0.00195 e. The molecule has 1 saturated heterocycles. The Kier molecular flexibility index (Phi) is 3.38. The van der Waals surface area contributed by atoms with Crippen molar-refractivity contribution in [3.05, 3.63) is 0 Å². The predicted molar refractivity (Wildman–Crippen MR) is 49.7 cm³/mol. The van der Waals surface area contributed by atoms with E-state index in [9.17, 15) is 0 Å². The lowest BCUT2D eigenvalue weighted by Gasteiger charge is -2.38. The van der Waals surface area contributed by atoms with Crippen LogP contribution < -0.4 is 0 Å². The van der Waals surface area contributed by atoms with Gasteiger partial charge in [0.2, 0.25) is 0 Å². The van der Waals surface area contributed by atoms with E-state index in [0.717, 1.165) is 11.8 Å². The van der Waals surface area contributed by atoms with Crippen LogP contribution in [0.25, 0.3) is 0 Å². The van der Waals surface area contributed by atoms with E-state index in [1.54, 1.807) is 0 Å². The molecule has 1 rings (SSSR count). The number of rotatable bonds is 4. The molecule has 0 aromatic carbocycles. The Hall–Kier alpha value is -0.0400. The standard InChI is InChI=1S/C10H21N/c1-4-5-9(2)6-11-7-10(3)8-11/h9-10H,4-8H2,1-3H3. The average Bonchev–Trinajstić information content (AvgIpc) is 1.85. The Labute approximate surface area is 70.8 Å². The van der Waals surface area contributed by atoms with Crippen molar-refractivity contribution in [2.24, 2.45) is 11.8 Å². The highest BCUT2D eigenvalue weighted by Crippen LogP contribution is 2.17. The van der Waals surface area contributed by atoms with Gasteiger partial charge in [0.05, 0.1) is 0 Å². The molecule has 0 saturated carbocycles. The summed E-state index contributed by atoms with van der Waals surface area (Å²) in [5, 5.41) is 0. The molecule has 66 valence electrons. The van der Waals surface area contributed by atoms with Crippen LogP contribution in [0.1, 0.15) is 33.6 Å². The van der Waals surface area contributed by atoms with E-state index in [1.807, 2.05) is 0 Å². The Morgan fingerprint density at radius 2 is 2.09 bits per heavy atom. The van der Waals surface area contributed by atoms with Gasteiger partial charge in [-0.2, -0.15) is 0 Å². The molecule has 0 spiro atoms. The average molecular weight is 155 g/mol. The molecule has 1 nitrogen and oxygen atoms in total. The molecule has 1 unspecified atom stereocenters. The van der Waals surface area contributed by atoms with E-state index >= 15 is 0 Å². The van der Waals surface area contributed by atoms with Gasteiger partial charge in [0, 0.05) is 19.6 Å². The summed E-state index contributed by atoms with van der Waals surface area (Å²) in [6, 6.07) is 0. The summed E-state index contributed by atoms with van der Waals surface area (Å²) in [5.41, 5.74) is 0. The lowest BCUT2D eigenvalue weighted by Crippen LogP contribution is -2.46. The molecule has 1 heterocycles. The largest absolute Gasteiger partial charge is 0.302 e. The van der Waals surface area contributed by atoms with E-state index in [0.29, 0.717) is 0 Å². The molecule has 1 aliphatic heterocycles. The minimum absolute atomic E-state index is 0.910. The molecule has 1 atom stereocenters. The highest BCUT2D eigenvalue weighted by Gasteiger charge is 2.22. The van der Waals surface area contributed by atoms with Gasteiger partial charge in [0.15, 0.2) is 0 Å². The molecule has 0 bridgehead atoms. The second-order valence-electron chi connectivity index (χ2n) is 4.22. The van der Waals surface area contributed by atoms with Crippen LogP contribution in [0.5, 0.6) is 0 Å². The van der Waals surface area contributed by atoms with Crippen LogP contribution in [0.4, 0.5) is 0 Å². The third-order valence-corrected chi connectivity index (χ3v) is 2.49. The summed E-state index contributed by atoms with van der Waals surface area (Å²) in [5.74, 6) is 1.87. The number of nitrogens with zero attached hydrogens (tertiary/aromatic N) is 1. The molecule has 0 aromatic rings. The van der Waals surface area contributed by atoms with Gasteiger partial charge >= 0.3 is 0 Å². The quantitative estimate of drug-likeness (QED) is 0.602. The molecule has 11 heavy (non-hydrogen) atoms. The van der Waals surface area contributed by atoms with Crippen LogP contribution in [0, 0.1) is 11.8 Å². The lowest BCUT2D eigenvalue weighted by molar-refractivity contribution is 0.0937. The maximum absolute atomic E-state index is 2.57. The van der Waals surface area contributed by atoms with Gasteiger partial charge in [-0.15, -0.1) is 0 Å². The van der Waals surface area contributed by atoms with E-state index in [1.165, 1.54) is 32.5 Å². The number of likely N-dealkylation sites (tertiary alicyclic amines) is 1. The van der Waals surface area contributed by atoms with Crippen molar-refractivity contribution in [3.8, 4) is 0 Å². The zero-order chi connectivity index (χ0) is 8.27. The highest BCUT2D eigenvalue weighted by molar-refractivity contribution is 4.77. The normalized spacial score (nSPS) is 23.2. The molecule has 0 aliphatic carbocycles. The van der Waals surface area contributed by atoms with E-state index in [2.05, 4.69) is 25.7 Å². The van der Waals surface area contributed by atoms with Crippen LogP contribution >= 0.6 is 0 Å². The van der Waals surface area contributed by atoms with E-state index in [-0.39, 0.29) is 0 Å². The Bertz CT molecular complexity index is 103. The van der Waals surface area contributed by atoms with Crippen molar-refractivity contribution in [1.82, 2.24) is 4.90 Å². The van der Waals surface area contributed by atoms with Gasteiger partial charge in [-0.1, -0.05) is 27.2 Å². The van der Waals surface area contributed by atoms with Crippen molar-refractivity contribution in [1.29, 1.82) is 0 Å². The van der Waals surface area contributed by atoms with Crippen molar-refractivity contribution in [2.45, 2.75) is 33.6 Å². The van der Waals surface area contributed by atoms with Crippen molar-refractivity contribution >= 4 is 0 Å². The minimum atomic E-state index is 0.910. The topological polar surface area (TPSA) is 3.24 Å². The first-order valence-electron chi connectivity index (χ1n) is 4.94. The van der Waals surface area contributed by atoms with Crippen molar-refractivity contribution in [2.75, 3.05) is 19.6 Å². The van der Waals surface area contributed by atoms with Crippen LogP contribution in [0.2, 0.25) is 0 Å². The van der Waals surface area contributed by atoms with Crippen molar-refractivity contribution < 1.29 is 0 Å². The first kappa shape index (κ1) is 9.05. The third-order valence-electron chi connectivity index (χ3n) is 2.49. The molecular formula is C10H21N. The van der Waals surface area contributed by atoms with E-state index < -0.39 is 0 Å². The maximum atomic E-state index is 2.57. The minimum Gasteiger partial charge on any atom is -0.302 e. The highest BCUT2D eigenvalue weighted by atomic mass is 15.2. The van der Waals surface area contributed by atoms with E-state index in [4.69, 9.17) is 0 Å². The summed E-state index contributed by atoms with van der Waals surface area (Å²) in [6.07, 6.45) is 2.73. The molecule has 0 N–H and O–H groups in total. The van der Waals surface area contributed by atoms with Crippen LogP contribution in [-0.2, 0) is 0 Å².